The highest BCUT2D eigenvalue weighted by atomic mass is 28.3. The topological polar surface area (TPSA) is 21.1 Å². The predicted molar refractivity (Wildman–Crippen MR) is 245 cm³/mol. The van der Waals surface area contributed by atoms with E-state index in [4.69, 9.17) is 0 Å². The average molecular weight is 776 g/mol. The summed E-state index contributed by atoms with van der Waals surface area (Å²) in [6.45, 7) is 0. The first-order valence-corrected chi connectivity index (χ1v) is 22.1. The van der Waals surface area contributed by atoms with Gasteiger partial charge in [-0.05, 0) is 87.4 Å². The van der Waals surface area contributed by atoms with E-state index in [9.17, 15) is 0 Å². The lowest BCUT2D eigenvalue weighted by atomic mass is 9.99. The summed E-state index contributed by atoms with van der Waals surface area (Å²) in [6.07, 6.45) is 0.427. The summed E-state index contributed by atoms with van der Waals surface area (Å²) in [7, 11) is -3.11. The zero-order valence-electron chi connectivity index (χ0n) is 32.2. The molecule has 0 saturated heterocycles. The fourth-order valence-electron chi connectivity index (χ4n) is 9.52. The lowest BCUT2D eigenvalue weighted by Crippen LogP contribution is -2.77. The van der Waals surface area contributed by atoms with Gasteiger partial charge < -0.3 is 9.47 Å². The second-order valence-electron chi connectivity index (χ2n) is 15.2. The minimum Gasteiger partial charge on any atom is -0.311 e. The molecule has 2 aromatic heterocycles. The Morgan fingerprint density at radius 3 is 1.85 bits per heavy atom. The number of para-hydroxylation sites is 3. The van der Waals surface area contributed by atoms with Crippen LogP contribution in [0.15, 0.2) is 225 Å². The Bertz CT molecular complexity index is 3090. The van der Waals surface area contributed by atoms with Gasteiger partial charge in [-0.3, -0.25) is 4.98 Å². The normalized spacial score (nSPS) is 13.5. The Balaban J connectivity index is 1.22. The van der Waals surface area contributed by atoms with Crippen molar-refractivity contribution in [1.82, 2.24) is 9.55 Å². The van der Waals surface area contributed by atoms with Gasteiger partial charge >= 0.3 is 0 Å². The summed E-state index contributed by atoms with van der Waals surface area (Å²) in [5.41, 5.74) is 9.47. The van der Waals surface area contributed by atoms with Crippen molar-refractivity contribution in [3.8, 4) is 16.9 Å². The van der Waals surface area contributed by atoms with Crippen LogP contribution in [0, 0.1) is 0 Å². The molecule has 0 fully saturated rings. The van der Waals surface area contributed by atoms with Crippen LogP contribution >= 0.6 is 0 Å². The van der Waals surface area contributed by atoms with E-state index < -0.39 is 14.2 Å². The zero-order chi connectivity index (χ0) is 39.3. The molecule has 1 aliphatic heterocycles. The van der Waals surface area contributed by atoms with Crippen molar-refractivity contribution in [1.29, 1.82) is 0 Å². The summed E-state index contributed by atoms with van der Waals surface area (Å²) in [5.74, 6) is 0. The molecule has 0 bridgehead atoms. The number of halogens is 1. The molecule has 1 aliphatic rings. The van der Waals surface area contributed by atoms with Crippen LogP contribution in [-0.2, 0) is 0 Å². The maximum Gasteiger partial charge on any atom is 0.186 e. The standard InChI is InChI=1S/C54H38FN3Si/c55-52(39-19-16-18-38(36-39)47-29-14-15-35-56-47)40-20-17-23-42(37-40)57-49-31-12-13-32-51(49)59(43-24-6-2-7-25-43,44-26-8-3-9-27-44)54-50(57)34-33-46-45-28-10-11-30-48(45)58(53(46)54)41-21-4-1-5-22-41/h1-37,52H. The molecular weight excluding hydrogens is 738 g/mol. The molecule has 0 N–H and O–H groups in total. The number of fused-ring (bicyclic) bond motifs is 6. The lowest BCUT2D eigenvalue weighted by molar-refractivity contribution is 0.402. The van der Waals surface area contributed by atoms with Gasteiger partial charge in [-0.1, -0.05) is 158 Å². The van der Waals surface area contributed by atoms with Crippen LogP contribution in [0.25, 0.3) is 38.8 Å². The summed E-state index contributed by atoms with van der Waals surface area (Å²) < 4.78 is 19.5. The molecule has 11 rings (SSSR count). The second kappa shape index (κ2) is 14.2. The summed E-state index contributed by atoms with van der Waals surface area (Å²) in [4.78, 5) is 6.91. The van der Waals surface area contributed by atoms with E-state index in [-0.39, 0.29) is 0 Å². The van der Waals surface area contributed by atoms with Crippen LogP contribution < -0.4 is 25.6 Å². The Hall–Kier alpha value is -7.34. The summed E-state index contributed by atoms with van der Waals surface area (Å²) >= 11 is 0. The molecule has 8 aromatic carbocycles. The van der Waals surface area contributed by atoms with Crippen molar-refractivity contribution in [3.05, 3.63) is 236 Å². The third-order valence-electron chi connectivity index (χ3n) is 12.0. The van der Waals surface area contributed by atoms with Gasteiger partial charge in [-0.25, -0.2) is 4.39 Å². The number of hydrogen-bond acceptors (Lipinski definition) is 2. The summed E-state index contributed by atoms with van der Waals surface area (Å²) in [5, 5.41) is 7.61. The third kappa shape index (κ3) is 5.50. The van der Waals surface area contributed by atoms with Gasteiger partial charge in [0.1, 0.15) is 0 Å². The maximum absolute atomic E-state index is 17.0. The van der Waals surface area contributed by atoms with Crippen molar-refractivity contribution in [3.63, 3.8) is 0 Å². The lowest BCUT2D eigenvalue weighted by Gasteiger charge is -2.45. The molecule has 1 atom stereocenters. The summed E-state index contributed by atoms with van der Waals surface area (Å²) in [6, 6.07) is 76.9. The molecule has 59 heavy (non-hydrogen) atoms. The Morgan fingerprint density at radius 2 is 1.10 bits per heavy atom. The van der Waals surface area contributed by atoms with Crippen molar-refractivity contribution >= 4 is 67.7 Å². The number of hydrogen-bond donors (Lipinski definition) is 0. The predicted octanol–water partition coefficient (Wildman–Crippen LogP) is 11.1. The fourth-order valence-corrected chi connectivity index (χ4v) is 14.8. The van der Waals surface area contributed by atoms with E-state index in [1.807, 2.05) is 60.7 Å². The Morgan fingerprint density at radius 1 is 0.475 bits per heavy atom. The minimum absolute atomic E-state index is 0.596. The molecule has 10 aromatic rings. The van der Waals surface area contributed by atoms with E-state index in [2.05, 4.69) is 172 Å². The zero-order valence-corrected chi connectivity index (χ0v) is 33.2. The van der Waals surface area contributed by atoms with Crippen molar-refractivity contribution in [2.75, 3.05) is 4.90 Å². The van der Waals surface area contributed by atoms with E-state index >= 15 is 4.39 Å². The molecule has 3 nitrogen and oxygen atoms in total. The molecule has 3 heterocycles. The molecule has 1 unspecified atom stereocenters. The maximum atomic E-state index is 17.0. The van der Waals surface area contributed by atoms with Gasteiger partial charge in [0.25, 0.3) is 0 Å². The van der Waals surface area contributed by atoms with Crippen LogP contribution in [-0.4, -0.2) is 17.6 Å². The van der Waals surface area contributed by atoms with Gasteiger partial charge in [-0.15, -0.1) is 0 Å². The van der Waals surface area contributed by atoms with Crippen molar-refractivity contribution in [2.45, 2.75) is 6.17 Å². The van der Waals surface area contributed by atoms with Gasteiger partial charge in [0.15, 0.2) is 14.2 Å². The van der Waals surface area contributed by atoms with Crippen LogP contribution in [0.3, 0.4) is 0 Å². The SMILES string of the molecule is FC(c1cccc(-c2ccccn2)c1)c1cccc(N2c3ccccc3[Si](c3ccccc3)(c3ccccc3)c3c2ccc2c4ccccc4n(-c4ccccc4)c32)c1. The van der Waals surface area contributed by atoms with E-state index in [1.54, 1.807) is 6.20 Å². The number of alkyl halides is 1. The molecule has 0 amide bonds. The Labute approximate surface area is 343 Å². The highest BCUT2D eigenvalue weighted by Crippen LogP contribution is 2.44. The largest absolute Gasteiger partial charge is 0.311 e. The minimum atomic E-state index is -3.11. The molecule has 0 saturated carbocycles. The molecular formula is C54H38FN3Si. The van der Waals surface area contributed by atoms with Crippen molar-refractivity contribution < 1.29 is 4.39 Å². The highest BCUT2D eigenvalue weighted by molar-refractivity contribution is 7.22. The van der Waals surface area contributed by atoms with Crippen LogP contribution in [0.2, 0.25) is 0 Å². The molecule has 5 heteroatoms. The molecule has 0 spiro atoms. The fraction of sp³-hybridized carbons (Fsp3) is 0.0185. The number of rotatable bonds is 7. The van der Waals surface area contributed by atoms with Crippen LogP contribution in [0.1, 0.15) is 17.3 Å². The Kier molecular flexibility index (Phi) is 8.42. The van der Waals surface area contributed by atoms with Crippen molar-refractivity contribution in [2.24, 2.45) is 0 Å². The van der Waals surface area contributed by atoms with Crippen LogP contribution in [0.5, 0.6) is 0 Å². The smallest absolute Gasteiger partial charge is 0.186 e. The van der Waals surface area contributed by atoms with Gasteiger partial charge in [0, 0.05) is 50.5 Å². The van der Waals surface area contributed by atoms with E-state index in [0.717, 1.165) is 39.5 Å². The highest BCUT2D eigenvalue weighted by Gasteiger charge is 2.50. The number of pyridine rings is 1. The number of benzene rings is 8. The van der Waals surface area contributed by atoms with Crippen LogP contribution in [0.4, 0.5) is 21.5 Å². The number of anilines is 3. The van der Waals surface area contributed by atoms with Gasteiger partial charge in [0.05, 0.1) is 16.7 Å². The number of nitrogens with zero attached hydrogens (tertiary/aromatic N) is 3. The first-order chi connectivity index (χ1) is 29.2. The first kappa shape index (κ1) is 34.9. The third-order valence-corrected chi connectivity index (χ3v) is 16.8. The quantitative estimate of drug-likeness (QED) is 0.150. The second-order valence-corrected chi connectivity index (χ2v) is 18.9. The van der Waals surface area contributed by atoms with E-state index in [1.165, 1.54) is 37.0 Å². The molecule has 280 valence electrons. The molecule has 0 aliphatic carbocycles. The van der Waals surface area contributed by atoms with Gasteiger partial charge in [0.2, 0.25) is 0 Å². The monoisotopic (exact) mass is 775 g/mol. The number of aromatic nitrogens is 2. The van der Waals surface area contributed by atoms with Gasteiger partial charge in [-0.2, -0.15) is 0 Å². The molecule has 0 radical (unpaired) electrons. The van der Waals surface area contributed by atoms with E-state index in [0.29, 0.717) is 11.1 Å². The first-order valence-electron chi connectivity index (χ1n) is 20.1. The average Bonchev–Trinajstić information content (AvgIpc) is 3.66.